The smallest absolute Gasteiger partial charge is 0.286 e. The van der Waals surface area contributed by atoms with Gasteiger partial charge in [0.15, 0.2) is 10.9 Å². The van der Waals surface area contributed by atoms with Crippen LogP contribution in [-0.2, 0) is 4.79 Å². The van der Waals surface area contributed by atoms with Gasteiger partial charge in [0.2, 0.25) is 5.91 Å². The SMILES string of the molecule is O=C(CCNC(=O)c1ccco1)Nc1nc(-c2ccc(I)cc2)cs1. The van der Waals surface area contributed by atoms with Gasteiger partial charge in [0.1, 0.15) is 0 Å². The minimum Gasteiger partial charge on any atom is -0.459 e. The fourth-order valence-corrected chi connectivity index (χ4v) is 3.15. The van der Waals surface area contributed by atoms with E-state index in [2.05, 4.69) is 38.2 Å². The van der Waals surface area contributed by atoms with Gasteiger partial charge in [-0.1, -0.05) is 12.1 Å². The number of amides is 2. The molecule has 0 spiro atoms. The third-order valence-corrected chi connectivity index (χ3v) is 4.75. The average Bonchev–Trinajstić information content (AvgIpc) is 3.27. The first kappa shape index (κ1) is 17.6. The summed E-state index contributed by atoms with van der Waals surface area (Å²) in [5, 5.41) is 7.81. The summed E-state index contributed by atoms with van der Waals surface area (Å²) in [6.45, 7) is 0.223. The number of aromatic nitrogens is 1. The Morgan fingerprint density at radius 2 is 2.00 bits per heavy atom. The van der Waals surface area contributed by atoms with Crippen LogP contribution in [0.15, 0.2) is 52.5 Å². The third-order valence-electron chi connectivity index (χ3n) is 3.27. The Morgan fingerprint density at radius 3 is 2.72 bits per heavy atom. The van der Waals surface area contributed by atoms with Crippen LogP contribution >= 0.6 is 33.9 Å². The maximum atomic E-state index is 12.0. The lowest BCUT2D eigenvalue weighted by Gasteiger charge is -2.03. The van der Waals surface area contributed by atoms with Crippen LogP contribution in [0.25, 0.3) is 11.3 Å². The Kier molecular flexibility index (Phi) is 5.82. The number of thiazole rings is 1. The monoisotopic (exact) mass is 467 g/mol. The molecule has 0 radical (unpaired) electrons. The number of rotatable bonds is 6. The number of hydrogen-bond donors (Lipinski definition) is 2. The van der Waals surface area contributed by atoms with E-state index in [1.165, 1.54) is 17.6 Å². The molecule has 0 atom stereocenters. The number of carbonyl (C=O) groups is 2. The lowest BCUT2D eigenvalue weighted by Crippen LogP contribution is -2.27. The second kappa shape index (κ2) is 8.26. The van der Waals surface area contributed by atoms with Crippen LogP contribution in [0.2, 0.25) is 0 Å². The molecular weight excluding hydrogens is 453 g/mol. The summed E-state index contributed by atoms with van der Waals surface area (Å²) in [4.78, 5) is 28.0. The summed E-state index contributed by atoms with van der Waals surface area (Å²) in [5.41, 5.74) is 1.82. The molecule has 0 unspecified atom stereocenters. The van der Waals surface area contributed by atoms with Crippen molar-refractivity contribution in [3.05, 3.63) is 57.4 Å². The molecule has 8 heteroatoms. The Hall–Kier alpha value is -2.20. The minimum absolute atomic E-state index is 0.158. The fourth-order valence-electron chi connectivity index (χ4n) is 2.05. The Labute approximate surface area is 161 Å². The second-order valence-electron chi connectivity index (χ2n) is 5.08. The molecule has 2 aromatic heterocycles. The van der Waals surface area contributed by atoms with Gasteiger partial charge in [-0.05, 0) is 46.9 Å². The maximum Gasteiger partial charge on any atom is 0.286 e. The van der Waals surface area contributed by atoms with Gasteiger partial charge < -0.3 is 15.1 Å². The number of nitrogens with one attached hydrogen (secondary N) is 2. The molecule has 2 N–H and O–H groups in total. The van der Waals surface area contributed by atoms with Crippen molar-refractivity contribution in [1.82, 2.24) is 10.3 Å². The zero-order valence-corrected chi connectivity index (χ0v) is 16.0. The molecule has 0 saturated heterocycles. The second-order valence-corrected chi connectivity index (χ2v) is 7.18. The van der Waals surface area contributed by atoms with E-state index in [1.807, 2.05) is 29.6 Å². The molecule has 2 heterocycles. The molecule has 6 nitrogen and oxygen atoms in total. The maximum absolute atomic E-state index is 12.0. The number of halogens is 1. The average molecular weight is 467 g/mol. The minimum atomic E-state index is -0.340. The molecule has 2 amide bonds. The lowest BCUT2D eigenvalue weighted by atomic mass is 10.2. The first-order valence-electron chi connectivity index (χ1n) is 7.45. The highest BCUT2D eigenvalue weighted by atomic mass is 127. The largest absolute Gasteiger partial charge is 0.459 e. The lowest BCUT2D eigenvalue weighted by molar-refractivity contribution is -0.116. The number of anilines is 1. The summed E-state index contributed by atoms with van der Waals surface area (Å²) < 4.78 is 6.13. The highest BCUT2D eigenvalue weighted by Gasteiger charge is 2.10. The number of furan rings is 1. The van der Waals surface area contributed by atoms with E-state index in [9.17, 15) is 9.59 Å². The van der Waals surface area contributed by atoms with Crippen molar-refractivity contribution < 1.29 is 14.0 Å². The fraction of sp³-hybridized carbons (Fsp3) is 0.118. The van der Waals surface area contributed by atoms with Gasteiger partial charge >= 0.3 is 0 Å². The zero-order valence-electron chi connectivity index (χ0n) is 13.0. The standard InChI is InChI=1S/C17H14IN3O3S/c18-12-5-3-11(4-6-12)13-10-25-17(20-13)21-15(22)7-8-19-16(23)14-2-1-9-24-14/h1-6,9-10H,7-8H2,(H,19,23)(H,20,21,22). The van der Waals surface area contributed by atoms with Gasteiger partial charge in [0, 0.05) is 27.5 Å². The summed E-state index contributed by atoms with van der Waals surface area (Å²) in [6.07, 6.45) is 1.58. The Balaban J connectivity index is 1.48. The van der Waals surface area contributed by atoms with E-state index in [0.717, 1.165) is 14.8 Å². The first-order chi connectivity index (χ1) is 12.1. The van der Waals surface area contributed by atoms with Crippen molar-refractivity contribution in [2.75, 3.05) is 11.9 Å². The Morgan fingerprint density at radius 1 is 1.20 bits per heavy atom. The van der Waals surface area contributed by atoms with Gasteiger partial charge in [0.25, 0.3) is 5.91 Å². The predicted molar refractivity (Wildman–Crippen MR) is 105 cm³/mol. The van der Waals surface area contributed by atoms with Crippen LogP contribution in [0.4, 0.5) is 5.13 Å². The van der Waals surface area contributed by atoms with E-state index in [-0.39, 0.29) is 30.5 Å². The number of benzene rings is 1. The van der Waals surface area contributed by atoms with E-state index >= 15 is 0 Å². The van der Waals surface area contributed by atoms with Gasteiger partial charge in [-0.3, -0.25) is 9.59 Å². The summed E-state index contributed by atoms with van der Waals surface area (Å²) >= 11 is 3.61. The molecule has 1 aromatic carbocycles. The summed E-state index contributed by atoms with van der Waals surface area (Å²) in [5.74, 6) is -0.321. The quantitative estimate of drug-likeness (QED) is 0.541. The van der Waals surface area contributed by atoms with Crippen LogP contribution in [0, 0.1) is 3.57 Å². The highest BCUT2D eigenvalue weighted by Crippen LogP contribution is 2.25. The van der Waals surface area contributed by atoms with E-state index in [4.69, 9.17) is 4.42 Å². The highest BCUT2D eigenvalue weighted by molar-refractivity contribution is 14.1. The van der Waals surface area contributed by atoms with Crippen molar-refractivity contribution >= 4 is 50.9 Å². The summed E-state index contributed by atoms with van der Waals surface area (Å²) in [7, 11) is 0. The molecule has 0 fully saturated rings. The van der Waals surface area contributed by atoms with Crippen LogP contribution < -0.4 is 10.6 Å². The van der Waals surface area contributed by atoms with Crippen molar-refractivity contribution in [1.29, 1.82) is 0 Å². The molecule has 0 aliphatic heterocycles. The van der Waals surface area contributed by atoms with Gasteiger partial charge in [0.05, 0.1) is 12.0 Å². The predicted octanol–water partition coefficient (Wildman–Crippen LogP) is 3.77. The van der Waals surface area contributed by atoms with Gasteiger partial charge in [-0.15, -0.1) is 11.3 Å². The molecule has 0 saturated carbocycles. The van der Waals surface area contributed by atoms with Crippen molar-refractivity contribution in [2.24, 2.45) is 0 Å². The molecule has 3 rings (SSSR count). The molecule has 0 aliphatic carbocycles. The molecule has 3 aromatic rings. The normalized spacial score (nSPS) is 10.4. The number of nitrogens with zero attached hydrogens (tertiary/aromatic N) is 1. The van der Waals surface area contributed by atoms with Crippen LogP contribution in [0.1, 0.15) is 17.0 Å². The van der Waals surface area contributed by atoms with Crippen molar-refractivity contribution in [3.8, 4) is 11.3 Å². The van der Waals surface area contributed by atoms with Gasteiger partial charge in [-0.25, -0.2) is 4.98 Å². The Bertz CT molecular complexity index is 860. The molecular formula is C17H14IN3O3S. The van der Waals surface area contributed by atoms with Crippen LogP contribution in [-0.4, -0.2) is 23.3 Å². The first-order valence-corrected chi connectivity index (χ1v) is 9.40. The third kappa shape index (κ3) is 4.89. The molecule has 0 aliphatic rings. The van der Waals surface area contributed by atoms with E-state index < -0.39 is 0 Å². The van der Waals surface area contributed by atoms with Gasteiger partial charge in [-0.2, -0.15) is 0 Å². The van der Waals surface area contributed by atoms with Crippen molar-refractivity contribution in [3.63, 3.8) is 0 Å². The topological polar surface area (TPSA) is 84.2 Å². The van der Waals surface area contributed by atoms with E-state index in [0.29, 0.717) is 5.13 Å². The molecule has 25 heavy (non-hydrogen) atoms. The van der Waals surface area contributed by atoms with Crippen molar-refractivity contribution in [2.45, 2.75) is 6.42 Å². The van der Waals surface area contributed by atoms with Crippen LogP contribution in [0.3, 0.4) is 0 Å². The van der Waals surface area contributed by atoms with E-state index in [1.54, 1.807) is 12.1 Å². The number of carbonyl (C=O) groups excluding carboxylic acids is 2. The van der Waals surface area contributed by atoms with Crippen LogP contribution in [0.5, 0.6) is 0 Å². The number of hydrogen-bond acceptors (Lipinski definition) is 5. The summed E-state index contributed by atoms with van der Waals surface area (Å²) in [6, 6.07) is 11.2. The molecule has 0 bridgehead atoms. The zero-order chi connectivity index (χ0) is 17.6. The molecule has 128 valence electrons.